The van der Waals surface area contributed by atoms with Gasteiger partial charge in [-0.1, -0.05) is 0 Å². The van der Waals surface area contributed by atoms with Gasteiger partial charge in [0, 0.05) is 24.0 Å². The van der Waals surface area contributed by atoms with Crippen LogP contribution in [-0.4, -0.2) is 4.98 Å². The molecule has 0 unspecified atom stereocenters. The minimum Gasteiger partial charge on any atom is -0.326 e. The van der Waals surface area contributed by atoms with Crippen molar-refractivity contribution in [1.82, 2.24) is 4.98 Å². The Labute approximate surface area is 75.8 Å². The second-order valence-corrected chi connectivity index (χ2v) is 2.91. The van der Waals surface area contributed by atoms with E-state index in [-0.39, 0.29) is 12.1 Å². The van der Waals surface area contributed by atoms with Gasteiger partial charge in [-0.05, 0) is 25.0 Å². The zero-order chi connectivity index (χ0) is 10.0. The fourth-order valence-electron chi connectivity index (χ4n) is 1.24. The molecule has 0 aliphatic heterocycles. The Kier molecular flexibility index (Phi) is 2.93. The van der Waals surface area contributed by atoms with Crippen LogP contribution in [0.5, 0.6) is 0 Å². The van der Waals surface area contributed by atoms with E-state index >= 15 is 0 Å². The predicted molar refractivity (Wildman–Crippen MR) is 46.6 cm³/mol. The van der Waals surface area contributed by atoms with Gasteiger partial charge in [0.1, 0.15) is 0 Å². The fourth-order valence-corrected chi connectivity index (χ4v) is 1.24. The maximum atomic E-state index is 12.6. The summed E-state index contributed by atoms with van der Waals surface area (Å²) in [5.74, 6) is 0. The van der Waals surface area contributed by atoms with Crippen LogP contribution in [0.2, 0.25) is 0 Å². The Morgan fingerprint density at radius 3 is 2.54 bits per heavy atom. The average molecular weight is 186 g/mol. The summed E-state index contributed by atoms with van der Waals surface area (Å²) >= 11 is 0. The molecular formula is C9H12F2N2. The van der Waals surface area contributed by atoms with Crippen LogP contribution in [0.1, 0.15) is 28.8 Å². The lowest BCUT2D eigenvalue weighted by atomic mass is 10.0. The number of pyridine rings is 1. The fraction of sp³-hybridized carbons (Fsp3) is 0.444. The van der Waals surface area contributed by atoms with Crippen molar-refractivity contribution in [2.24, 2.45) is 5.73 Å². The summed E-state index contributed by atoms with van der Waals surface area (Å²) in [6.45, 7) is 3.46. The lowest BCUT2D eigenvalue weighted by molar-refractivity contribution is 0.149. The number of alkyl halides is 2. The van der Waals surface area contributed by atoms with Crippen LogP contribution < -0.4 is 5.73 Å². The minimum absolute atomic E-state index is 0.0370. The summed E-state index contributed by atoms with van der Waals surface area (Å²) in [6, 6.07) is 0. The average Bonchev–Trinajstić information content (AvgIpc) is 2.08. The minimum atomic E-state index is -2.47. The van der Waals surface area contributed by atoms with Crippen molar-refractivity contribution in [2.45, 2.75) is 26.8 Å². The molecule has 0 radical (unpaired) electrons. The highest BCUT2D eigenvalue weighted by molar-refractivity contribution is 5.35. The molecule has 0 bridgehead atoms. The van der Waals surface area contributed by atoms with Gasteiger partial charge in [0.05, 0.1) is 0 Å². The van der Waals surface area contributed by atoms with E-state index in [2.05, 4.69) is 4.98 Å². The number of nitrogens with two attached hydrogens (primary N) is 1. The molecule has 0 saturated heterocycles. The van der Waals surface area contributed by atoms with Crippen LogP contribution in [-0.2, 0) is 6.54 Å². The zero-order valence-corrected chi connectivity index (χ0v) is 7.64. The number of hydrogen-bond donors (Lipinski definition) is 1. The molecule has 72 valence electrons. The van der Waals surface area contributed by atoms with Crippen LogP contribution in [0.15, 0.2) is 6.20 Å². The van der Waals surface area contributed by atoms with E-state index in [1.807, 2.05) is 0 Å². The monoisotopic (exact) mass is 186 g/mol. The Bertz CT molecular complexity index is 311. The van der Waals surface area contributed by atoms with Crippen molar-refractivity contribution < 1.29 is 8.78 Å². The van der Waals surface area contributed by atoms with Crippen molar-refractivity contribution in [3.05, 3.63) is 28.6 Å². The largest absolute Gasteiger partial charge is 0.326 e. The first kappa shape index (κ1) is 10.1. The van der Waals surface area contributed by atoms with E-state index in [0.717, 1.165) is 0 Å². The Hall–Kier alpha value is -1.03. The molecule has 1 aromatic heterocycles. The van der Waals surface area contributed by atoms with Crippen LogP contribution in [0.3, 0.4) is 0 Å². The van der Waals surface area contributed by atoms with Crippen molar-refractivity contribution >= 4 is 0 Å². The molecule has 0 saturated carbocycles. The third-order valence-corrected chi connectivity index (χ3v) is 2.14. The van der Waals surface area contributed by atoms with E-state index in [0.29, 0.717) is 16.8 Å². The summed E-state index contributed by atoms with van der Waals surface area (Å²) in [6.07, 6.45) is -1.05. The number of aromatic nitrogens is 1. The van der Waals surface area contributed by atoms with Gasteiger partial charge in [-0.3, -0.25) is 4.98 Å². The van der Waals surface area contributed by atoms with Crippen LogP contribution in [0.4, 0.5) is 8.78 Å². The molecule has 0 aromatic carbocycles. The van der Waals surface area contributed by atoms with E-state index in [1.165, 1.54) is 6.20 Å². The van der Waals surface area contributed by atoms with Crippen molar-refractivity contribution in [1.29, 1.82) is 0 Å². The summed E-state index contributed by atoms with van der Waals surface area (Å²) < 4.78 is 25.1. The topological polar surface area (TPSA) is 38.9 Å². The van der Waals surface area contributed by atoms with Crippen LogP contribution in [0.25, 0.3) is 0 Å². The highest BCUT2D eigenvalue weighted by Crippen LogP contribution is 2.26. The maximum absolute atomic E-state index is 12.6. The van der Waals surface area contributed by atoms with Crippen molar-refractivity contribution in [2.75, 3.05) is 0 Å². The molecular weight excluding hydrogens is 174 g/mol. The normalized spacial score (nSPS) is 10.9. The molecule has 0 atom stereocenters. The smallest absolute Gasteiger partial charge is 0.264 e. The third-order valence-electron chi connectivity index (χ3n) is 2.14. The molecule has 1 aromatic rings. The van der Waals surface area contributed by atoms with Crippen molar-refractivity contribution in [3.63, 3.8) is 0 Å². The van der Waals surface area contributed by atoms with Gasteiger partial charge >= 0.3 is 0 Å². The SMILES string of the molecule is Cc1ncc(CN)c(C(F)F)c1C. The molecule has 13 heavy (non-hydrogen) atoms. The summed E-state index contributed by atoms with van der Waals surface area (Å²) in [5, 5.41) is 0. The van der Waals surface area contributed by atoms with Gasteiger partial charge in [-0.15, -0.1) is 0 Å². The van der Waals surface area contributed by atoms with Crippen LogP contribution in [0, 0.1) is 13.8 Å². The molecule has 2 nitrogen and oxygen atoms in total. The quantitative estimate of drug-likeness (QED) is 0.768. The number of hydrogen-bond acceptors (Lipinski definition) is 2. The number of rotatable bonds is 2. The lowest BCUT2D eigenvalue weighted by Gasteiger charge is -2.11. The molecule has 0 aliphatic carbocycles. The maximum Gasteiger partial charge on any atom is 0.264 e. The van der Waals surface area contributed by atoms with E-state index < -0.39 is 6.43 Å². The highest BCUT2D eigenvalue weighted by Gasteiger charge is 2.16. The van der Waals surface area contributed by atoms with Gasteiger partial charge < -0.3 is 5.73 Å². The van der Waals surface area contributed by atoms with E-state index in [4.69, 9.17) is 5.73 Å². The van der Waals surface area contributed by atoms with Gasteiger partial charge in [0.15, 0.2) is 0 Å². The first-order valence-corrected chi connectivity index (χ1v) is 4.01. The Morgan fingerprint density at radius 1 is 1.46 bits per heavy atom. The molecule has 0 spiro atoms. The highest BCUT2D eigenvalue weighted by atomic mass is 19.3. The van der Waals surface area contributed by atoms with Crippen LogP contribution >= 0.6 is 0 Å². The number of aryl methyl sites for hydroxylation is 1. The van der Waals surface area contributed by atoms with Gasteiger partial charge in [-0.2, -0.15) is 0 Å². The summed E-state index contributed by atoms with van der Waals surface area (Å²) in [4.78, 5) is 3.98. The molecule has 0 amide bonds. The van der Waals surface area contributed by atoms with E-state index in [9.17, 15) is 8.78 Å². The molecule has 0 aliphatic rings. The second kappa shape index (κ2) is 3.79. The molecule has 4 heteroatoms. The molecule has 2 N–H and O–H groups in total. The first-order valence-electron chi connectivity index (χ1n) is 4.01. The van der Waals surface area contributed by atoms with Gasteiger partial charge in [-0.25, -0.2) is 8.78 Å². The molecule has 1 heterocycles. The van der Waals surface area contributed by atoms with E-state index in [1.54, 1.807) is 13.8 Å². The molecule has 0 fully saturated rings. The second-order valence-electron chi connectivity index (χ2n) is 2.91. The Morgan fingerprint density at radius 2 is 2.08 bits per heavy atom. The summed E-state index contributed by atoms with van der Waals surface area (Å²) in [5.41, 5.74) is 6.97. The zero-order valence-electron chi connectivity index (χ0n) is 7.64. The standard InChI is InChI=1S/C9H12F2N2/c1-5-6(2)13-4-7(3-12)8(5)9(10)11/h4,9H,3,12H2,1-2H3. The molecule has 1 rings (SSSR count). The summed E-state index contributed by atoms with van der Waals surface area (Å²) in [7, 11) is 0. The predicted octanol–water partition coefficient (Wildman–Crippen LogP) is 2.09. The van der Waals surface area contributed by atoms with Gasteiger partial charge in [0.2, 0.25) is 0 Å². The number of halogens is 2. The number of nitrogens with zero attached hydrogens (tertiary/aromatic N) is 1. The third kappa shape index (κ3) is 1.83. The lowest BCUT2D eigenvalue weighted by Crippen LogP contribution is -2.06. The Balaban J connectivity index is 3.32. The van der Waals surface area contributed by atoms with Gasteiger partial charge in [0.25, 0.3) is 6.43 Å². The van der Waals surface area contributed by atoms with Crippen molar-refractivity contribution in [3.8, 4) is 0 Å². The first-order chi connectivity index (χ1) is 6.07.